The molecule has 1 aliphatic heterocycles. The molecule has 0 saturated carbocycles. The molecule has 1 heterocycles. The van der Waals surface area contributed by atoms with Gasteiger partial charge in [0.15, 0.2) is 0 Å². The van der Waals surface area contributed by atoms with Gasteiger partial charge in [-0.15, -0.1) is 0 Å². The van der Waals surface area contributed by atoms with E-state index in [0.29, 0.717) is 24.5 Å². The molecule has 3 amide bonds. The fourth-order valence-electron chi connectivity index (χ4n) is 3.88. The first kappa shape index (κ1) is 23.8. The van der Waals surface area contributed by atoms with E-state index in [9.17, 15) is 14.4 Å². The van der Waals surface area contributed by atoms with E-state index in [4.69, 9.17) is 11.6 Å². The van der Waals surface area contributed by atoms with Crippen LogP contribution in [0.3, 0.4) is 0 Å². The number of likely N-dealkylation sites (tertiary alicyclic amines) is 1. The van der Waals surface area contributed by atoms with Crippen LogP contribution in [0.25, 0.3) is 0 Å². The number of carbonyl (C=O) groups excluding carboxylic acids is 3. The second kappa shape index (κ2) is 10.1. The minimum absolute atomic E-state index is 0.0898. The number of benzene rings is 2. The normalized spacial score (nSPS) is 17.4. The summed E-state index contributed by atoms with van der Waals surface area (Å²) in [6, 6.07) is 13.3. The largest absolute Gasteiger partial charge is 0.345 e. The van der Waals surface area contributed by atoms with Gasteiger partial charge < -0.3 is 10.2 Å². The van der Waals surface area contributed by atoms with Crippen LogP contribution in [0.1, 0.15) is 35.6 Å². The van der Waals surface area contributed by atoms with Crippen molar-refractivity contribution in [3.05, 3.63) is 69.7 Å². The maximum Gasteiger partial charge on any atom is 0.253 e. The fraction of sp³-hybridized carbons (Fsp3) is 0.375. The minimum Gasteiger partial charge on any atom is -0.345 e. The van der Waals surface area contributed by atoms with Gasteiger partial charge in [-0.3, -0.25) is 19.8 Å². The summed E-state index contributed by atoms with van der Waals surface area (Å²) in [6.45, 7) is 6.51. The number of amides is 3. The van der Waals surface area contributed by atoms with Crippen molar-refractivity contribution >= 4 is 29.3 Å². The molecule has 2 aromatic carbocycles. The monoisotopic (exact) mass is 456 g/mol. The van der Waals surface area contributed by atoms with Crippen molar-refractivity contribution < 1.29 is 14.4 Å². The fourth-order valence-corrected chi connectivity index (χ4v) is 4.00. The molecule has 2 aromatic rings. The van der Waals surface area contributed by atoms with Gasteiger partial charge in [0, 0.05) is 18.1 Å². The van der Waals surface area contributed by atoms with E-state index < -0.39 is 5.54 Å². The summed E-state index contributed by atoms with van der Waals surface area (Å²) >= 11 is 5.85. The quantitative estimate of drug-likeness (QED) is 0.532. The first-order valence-electron chi connectivity index (χ1n) is 10.6. The Morgan fingerprint density at radius 1 is 1.03 bits per heavy atom. The number of aryl methyl sites for hydroxylation is 2. The highest BCUT2D eigenvalue weighted by Gasteiger charge is 2.49. The summed E-state index contributed by atoms with van der Waals surface area (Å²) in [7, 11) is 0. The molecular formula is C24H29ClN4O3. The Hall–Kier alpha value is -2.90. The van der Waals surface area contributed by atoms with Gasteiger partial charge in [-0.2, -0.15) is 0 Å². The van der Waals surface area contributed by atoms with Crippen LogP contribution in [-0.2, 0) is 27.3 Å². The van der Waals surface area contributed by atoms with Gasteiger partial charge >= 0.3 is 0 Å². The topological polar surface area (TPSA) is 90.5 Å². The average Bonchev–Trinajstić information content (AvgIpc) is 2.71. The molecule has 0 aliphatic carbocycles. The number of carbonyl (C=O) groups is 3. The lowest BCUT2D eigenvalue weighted by atomic mass is 9.84. The van der Waals surface area contributed by atoms with Crippen LogP contribution in [-0.4, -0.2) is 41.2 Å². The molecule has 32 heavy (non-hydrogen) atoms. The molecule has 1 unspecified atom stereocenters. The van der Waals surface area contributed by atoms with Crippen molar-refractivity contribution in [1.82, 2.24) is 21.1 Å². The number of halogens is 1. The molecule has 1 fully saturated rings. The number of nitrogens with one attached hydrogen (secondary N) is 3. The van der Waals surface area contributed by atoms with Crippen LogP contribution in [0.2, 0.25) is 5.02 Å². The van der Waals surface area contributed by atoms with Crippen molar-refractivity contribution in [3.8, 4) is 0 Å². The summed E-state index contributed by atoms with van der Waals surface area (Å²) in [6.07, 6.45) is 0.814. The molecule has 8 heteroatoms. The predicted molar refractivity (Wildman–Crippen MR) is 124 cm³/mol. The predicted octanol–water partition coefficient (Wildman–Crippen LogP) is 2.43. The molecule has 7 nitrogen and oxygen atoms in total. The lowest BCUT2D eigenvalue weighted by Gasteiger charge is -2.49. The molecule has 0 radical (unpaired) electrons. The molecule has 3 rings (SSSR count). The van der Waals surface area contributed by atoms with Crippen LogP contribution in [0.4, 0.5) is 0 Å². The van der Waals surface area contributed by atoms with Crippen LogP contribution >= 0.6 is 11.6 Å². The van der Waals surface area contributed by atoms with E-state index in [0.717, 1.165) is 22.3 Å². The van der Waals surface area contributed by atoms with Gasteiger partial charge in [-0.25, -0.2) is 5.43 Å². The Kier molecular flexibility index (Phi) is 7.53. The SMILES string of the molecule is Cc1cc(C)cc(CC(=O)N2CCC2(C)C(=O)NCC(=O)NNCc2ccc(Cl)cc2)c1. The van der Waals surface area contributed by atoms with Crippen molar-refractivity contribution in [2.45, 2.75) is 45.7 Å². The van der Waals surface area contributed by atoms with E-state index in [1.165, 1.54) is 0 Å². The van der Waals surface area contributed by atoms with Crippen LogP contribution in [0, 0.1) is 13.8 Å². The number of hydrazine groups is 1. The first-order chi connectivity index (χ1) is 15.2. The van der Waals surface area contributed by atoms with E-state index in [2.05, 4.69) is 22.2 Å². The summed E-state index contributed by atoms with van der Waals surface area (Å²) < 4.78 is 0. The lowest BCUT2D eigenvalue weighted by molar-refractivity contribution is -0.157. The Morgan fingerprint density at radius 2 is 1.69 bits per heavy atom. The molecule has 1 saturated heterocycles. The van der Waals surface area contributed by atoms with Crippen LogP contribution in [0.15, 0.2) is 42.5 Å². The minimum atomic E-state index is -0.938. The number of nitrogens with zero attached hydrogens (tertiary/aromatic N) is 1. The highest BCUT2D eigenvalue weighted by Crippen LogP contribution is 2.31. The third-order valence-electron chi connectivity index (χ3n) is 5.69. The zero-order valence-corrected chi connectivity index (χ0v) is 19.4. The second-order valence-corrected chi connectivity index (χ2v) is 8.89. The Morgan fingerprint density at radius 3 is 2.28 bits per heavy atom. The first-order valence-corrected chi connectivity index (χ1v) is 11.0. The molecule has 0 bridgehead atoms. The van der Waals surface area contributed by atoms with Gasteiger partial charge in [0.1, 0.15) is 5.54 Å². The van der Waals surface area contributed by atoms with E-state index in [-0.39, 0.29) is 30.7 Å². The Bertz CT molecular complexity index is 989. The summed E-state index contributed by atoms with van der Waals surface area (Å²) in [5, 5.41) is 3.29. The summed E-state index contributed by atoms with van der Waals surface area (Å²) in [5.41, 5.74) is 8.53. The number of hydrogen-bond donors (Lipinski definition) is 3. The van der Waals surface area contributed by atoms with Gasteiger partial charge in [0.25, 0.3) is 5.91 Å². The maximum absolute atomic E-state index is 12.8. The maximum atomic E-state index is 12.8. The zero-order valence-electron chi connectivity index (χ0n) is 18.6. The van der Waals surface area contributed by atoms with Crippen molar-refractivity contribution in [2.24, 2.45) is 0 Å². The van der Waals surface area contributed by atoms with Gasteiger partial charge in [0.2, 0.25) is 11.8 Å². The van der Waals surface area contributed by atoms with Gasteiger partial charge in [0.05, 0.1) is 13.0 Å². The summed E-state index contributed by atoms with van der Waals surface area (Å²) in [4.78, 5) is 39.2. The smallest absolute Gasteiger partial charge is 0.253 e. The van der Waals surface area contributed by atoms with Crippen LogP contribution in [0.5, 0.6) is 0 Å². The molecule has 170 valence electrons. The van der Waals surface area contributed by atoms with E-state index in [1.54, 1.807) is 24.0 Å². The molecule has 1 atom stereocenters. The Balaban J connectivity index is 1.45. The Labute approximate surface area is 193 Å². The molecule has 1 aliphatic rings. The van der Waals surface area contributed by atoms with Crippen molar-refractivity contribution in [1.29, 1.82) is 0 Å². The van der Waals surface area contributed by atoms with Crippen molar-refractivity contribution in [2.75, 3.05) is 13.1 Å². The van der Waals surface area contributed by atoms with Crippen LogP contribution < -0.4 is 16.2 Å². The van der Waals surface area contributed by atoms with Gasteiger partial charge in [-0.05, 0) is 50.5 Å². The van der Waals surface area contributed by atoms with E-state index in [1.807, 2.05) is 38.1 Å². The number of hydrogen-bond acceptors (Lipinski definition) is 4. The lowest BCUT2D eigenvalue weighted by Crippen LogP contribution is -2.68. The molecule has 0 spiro atoms. The third-order valence-corrected chi connectivity index (χ3v) is 5.94. The molecular weight excluding hydrogens is 428 g/mol. The molecule has 0 aromatic heterocycles. The average molecular weight is 457 g/mol. The summed E-state index contributed by atoms with van der Waals surface area (Å²) in [5.74, 6) is -0.790. The van der Waals surface area contributed by atoms with Crippen molar-refractivity contribution in [3.63, 3.8) is 0 Å². The highest BCUT2D eigenvalue weighted by atomic mass is 35.5. The third kappa shape index (κ3) is 5.87. The standard InChI is InChI=1S/C24H29ClN4O3/c1-16-10-17(2)12-19(11-16)13-22(31)29-9-8-24(29,3)23(32)26-15-21(30)28-27-14-18-4-6-20(25)7-5-18/h4-7,10-12,27H,8-9,13-15H2,1-3H3,(H,26,32)(H,28,30). The zero-order chi connectivity index (χ0) is 23.3. The van der Waals surface area contributed by atoms with E-state index >= 15 is 0 Å². The van der Waals surface area contributed by atoms with Gasteiger partial charge in [-0.1, -0.05) is 53.1 Å². The number of rotatable bonds is 8. The highest BCUT2D eigenvalue weighted by molar-refractivity contribution is 6.30. The molecule has 3 N–H and O–H groups in total. The second-order valence-electron chi connectivity index (χ2n) is 8.45.